The summed E-state index contributed by atoms with van der Waals surface area (Å²) >= 11 is 6.55. The SMILES string of the molecule is NC([C]=O)Cc1ccc(Oc2ccc(O)cc2I)c(I)c1I. The molecule has 22 heavy (non-hydrogen) atoms. The number of carbonyl (C=O) groups excluding carboxylic acids is 1. The zero-order valence-corrected chi connectivity index (χ0v) is 17.6. The second-order valence-corrected chi connectivity index (χ2v) is 7.82. The van der Waals surface area contributed by atoms with Crippen LogP contribution in [0, 0.1) is 10.7 Å². The first-order valence-corrected chi connectivity index (χ1v) is 9.42. The van der Waals surface area contributed by atoms with E-state index in [-0.39, 0.29) is 5.75 Å². The third kappa shape index (κ3) is 4.45. The van der Waals surface area contributed by atoms with Crippen molar-refractivity contribution in [3.63, 3.8) is 0 Å². The second-order valence-electron chi connectivity index (χ2n) is 4.50. The van der Waals surface area contributed by atoms with Gasteiger partial charge in [-0.25, -0.2) is 0 Å². The first-order chi connectivity index (χ1) is 10.4. The molecule has 0 aliphatic heterocycles. The zero-order chi connectivity index (χ0) is 16.3. The van der Waals surface area contributed by atoms with Gasteiger partial charge in [0.25, 0.3) is 0 Å². The average molecular weight is 634 g/mol. The Morgan fingerprint density at radius 2 is 1.82 bits per heavy atom. The number of benzene rings is 2. The summed E-state index contributed by atoms with van der Waals surface area (Å²) in [5.41, 5.74) is 6.63. The van der Waals surface area contributed by atoms with E-state index in [1.807, 2.05) is 12.1 Å². The van der Waals surface area contributed by atoms with Gasteiger partial charge in [0, 0.05) is 3.57 Å². The molecule has 0 saturated carbocycles. The molecule has 1 radical (unpaired) electrons. The Balaban J connectivity index is 2.29. The second kappa shape index (κ2) is 8.11. The number of phenols is 1. The molecule has 0 aromatic heterocycles. The third-order valence-electron chi connectivity index (χ3n) is 2.85. The molecule has 2 aromatic carbocycles. The maximum absolute atomic E-state index is 10.6. The molecule has 0 aliphatic rings. The number of hydrogen-bond acceptors (Lipinski definition) is 4. The molecule has 2 rings (SSSR count). The number of aromatic hydroxyl groups is 1. The van der Waals surface area contributed by atoms with Crippen LogP contribution in [0.4, 0.5) is 0 Å². The Hall–Kier alpha value is -0.140. The van der Waals surface area contributed by atoms with Crippen LogP contribution in [0.15, 0.2) is 30.3 Å². The van der Waals surface area contributed by atoms with Crippen molar-refractivity contribution in [2.24, 2.45) is 5.73 Å². The Morgan fingerprint density at radius 3 is 2.45 bits per heavy atom. The van der Waals surface area contributed by atoms with Gasteiger partial charge in [-0.1, -0.05) is 6.07 Å². The summed E-state index contributed by atoms with van der Waals surface area (Å²) in [5.74, 6) is 1.61. The molecule has 0 saturated heterocycles. The van der Waals surface area contributed by atoms with Crippen molar-refractivity contribution in [1.29, 1.82) is 0 Å². The van der Waals surface area contributed by atoms with E-state index in [1.165, 1.54) is 0 Å². The van der Waals surface area contributed by atoms with E-state index >= 15 is 0 Å². The van der Waals surface area contributed by atoms with Gasteiger partial charge >= 0.3 is 0 Å². The van der Waals surface area contributed by atoms with E-state index < -0.39 is 6.04 Å². The van der Waals surface area contributed by atoms with Crippen molar-refractivity contribution in [1.82, 2.24) is 0 Å². The number of nitrogens with two attached hydrogens (primary N) is 1. The van der Waals surface area contributed by atoms with Crippen LogP contribution in [0.5, 0.6) is 17.2 Å². The van der Waals surface area contributed by atoms with Crippen LogP contribution in [-0.4, -0.2) is 17.4 Å². The Labute approximate surface area is 169 Å². The zero-order valence-electron chi connectivity index (χ0n) is 11.1. The minimum atomic E-state index is -0.617. The lowest BCUT2D eigenvalue weighted by molar-refractivity contribution is 0.460. The van der Waals surface area contributed by atoms with E-state index in [2.05, 4.69) is 67.8 Å². The molecule has 0 amide bonds. The van der Waals surface area contributed by atoms with Crippen LogP contribution in [0.2, 0.25) is 0 Å². The van der Waals surface area contributed by atoms with Gasteiger partial charge in [-0.05, 0) is 104 Å². The Morgan fingerprint density at radius 1 is 1.14 bits per heavy atom. The van der Waals surface area contributed by atoms with E-state index in [0.29, 0.717) is 12.2 Å². The summed E-state index contributed by atoms with van der Waals surface area (Å²) in [5, 5.41) is 9.44. The molecule has 4 nitrogen and oxygen atoms in total. The molecular formula is C15H11I3NO3. The molecule has 115 valence electrons. The summed E-state index contributed by atoms with van der Waals surface area (Å²) in [6.45, 7) is 0. The smallest absolute Gasteiger partial charge is 0.217 e. The van der Waals surface area contributed by atoms with Gasteiger partial charge in [-0.15, -0.1) is 0 Å². The maximum atomic E-state index is 10.6. The van der Waals surface area contributed by atoms with E-state index in [9.17, 15) is 9.90 Å². The summed E-state index contributed by atoms with van der Waals surface area (Å²) in [7, 11) is 0. The van der Waals surface area contributed by atoms with Gasteiger partial charge in [0.1, 0.15) is 17.2 Å². The standard InChI is InChI=1S/C15H11I3NO3/c16-11-6-10(21)2-4-12(11)22-13-3-1-8(5-9(19)7-20)14(17)15(13)18/h1-4,6,9,21H,5,19H2. The van der Waals surface area contributed by atoms with Gasteiger partial charge in [0.15, 0.2) is 0 Å². The van der Waals surface area contributed by atoms with Gasteiger partial charge in [0.05, 0.1) is 13.2 Å². The molecule has 0 heterocycles. The number of hydrogen-bond donors (Lipinski definition) is 2. The Kier molecular flexibility index (Phi) is 6.71. The van der Waals surface area contributed by atoms with Crippen molar-refractivity contribution in [2.45, 2.75) is 12.5 Å². The predicted molar refractivity (Wildman–Crippen MR) is 110 cm³/mol. The lowest BCUT2D eigenvalue weighted by atomic mass is 10.1. The number of rotatable bonds is 5. The molecule has 3 N–H and O–H groups in total. The van der Waals surface area contributed by atoms with E-state index in [1.54, 1.807) is 24.5 Å². The van der Waals surface area contributed by atoms with Crippen molar-refractivity contribution in [2.75, 3.05) is 0 Å². The average Bonchev–Trinajstić information content (AvgIpc) is 2.49. The lowest BCUT2D eigenvalue weighted by Gasteiger charge is -2.14. The summed E-state index contributed by atoms with van der Waals surface area (Å²) in [4.78, 5) is 10.6. The number of phenolic OH excluding ortho intramolecular Hbond substituents is 1. The van der Waals surface area contributed by atoms with Crippen LogP contribution < -0.4 is 10.5 Å². The van der Waals surface area contributed by atoms with Crippen LogP contribution in [0.3, 0.4) is 0 Å². The summed E-state index contributed by atoms with van der Waals surface area (Å²) in [6, 6.07) is 8.10. The highest BCUT2D eigenvalue weighted by Gasteiger charge is 2.14. The highest BCUT2D eigenvalue weighted by atomic mass is 127. The van der Waals surface area contributed by atoms with Gasteiger partial charge in [-0.2, -0.15) is 0 Å². The molecule has 0 fully saturated rings. The van der Waals surface area contributed by atoms with E-state index in [4.69, 9.17) is 10.5 Å². The largest absolute Gasteiger partial charge is 0.508 e. The fourth-order valence-electron chi connectivity index (χ4n) is 1.78. The Bertz CT molecular complexity index is 707. The van der Waals surface area contributed by atoms with Crippen LogP contribution >= 0.6 is 67.8 Å². The molecule has 1 atom stereocenters. The fraction of sp³-hybridized carbons (Fsp3) is 0.133. The highest BCUT2D eigenvalue weighted by Crippen LogP contribution is 2.35. The van der Waals surface area contributed by atoms with Crippen LogP contribution in [-0.2, 0) is 11.2 Å². The molecular weight excluding hydrogens is 623 g/mol. The lowest BCUT2D eigenvalue weighted by Crippen LogP contribution is -2.24. The minimum Gasteiger partial charge on any atom is -0.508 e. The van der Waals surface area contributed by atoms with Gasteiger partial charge in [-0.3, -0.25) is 4.79 Å². The minimum absolute atomic E-state index is 0.204. The first-order valence-electron chi connectivity index (χ1n) is 6.19. The normalized spacial score (nSPS) is 12.0. The highest BCUT2D eigenvalue weighted by molar-refractivity contribution is 14.1. The molecule has 1 unspecified atom stereocenters. The predicted octanol–water partition coefficient (Wildman–Crippen LogP) is 3.98. The summed E-state index contributed by atoms with van der Waals surface area (Å²) in [6.07, 6.45) is 2.25. The van der Waals surface area contributed by atoms with Crippen LogP contribution in [0.1, 0.15) is 5.56 Å². The van der Waals surface area contributed by atoms with Crippen molar-refractivity contribution < 1.29 is 14.6 Å². The first kappa shape index (κ1) is 18.2. The molecule has 0 bridgehead atoms. The van der Waals surface area contributed by atoms with Crippen molar-refractivity contribution >= 4 is 74.1 Å². The molecule has 0 aliphatic carbocycles. The monoisotopic (exact) mass is 634 g/mol. The number of ether oxygens (including phenoxy) is 1. The van der Waals surface area contributed by atoms with Crippen LogP contribution in [0.25, 0.3) is 0 Å². The topological polar surface area (TPSA) is 72.6 Å². The fourth-order valence-corrected chi connectivity index (χ4v) is 3.69. The van der Waals surface area contributed by atoms with E-state index in [0.717, 1.165) is 22.0 Å². The third-order valence-corrected chi connectivity index (χ3v) is 7.03. The molecule has 7 heteroatoms. The maximum Gasteiger partial charge on any atom is 0.217 e. The number of halogens is 3. The van der Waals surface area contributed by atoms with Crippen molar-refractivity contribution in [3.8, 4) is 17.2 Å². The van der Waals surface area contributed by atoms with Crippen molar-refractivity contribution in [3.05, 3.63) is 46.6 Å². The molecule has 0 spiro atoms. The summed E-state index contributed by atoms with van der Waals surface area (Å²) < 4.78 is 8.71. The quantitative estimate of drug-likeness (QED) is 0.489. The molecule has 2 aromatic rings. The van der Waals surface area contributed by atoms with Gasteiger partial charge < -0.3 is 15.6 Å². The van der Waals surface area contributed by atoms with Gasteiger partial charge in [0.2, 0.25) is 6.29 Å².